The molecule has 29 heavy (non-hydrogen) atoms. The van der Waals surface area contributed by atoms with Gasteiger partial charge in [-0.1, -0.05) is 26.8 Å². The van der Waals surface area contributed by atoms with Crippen molar-refractivity contribution in [1.82, 2.24) is 4.90 Å². The van der Waals surface area contributed by atoms with Gasteiger partial charge in [0.2, 0.25) is 5.91 Å². The van der Waals surface area contributed by atoms with Crippen molar-refractivity contribution >= 4 is 11.9 Å². The van der Waals surface area contributed by atoms with Crippen LogP contribution in [0.4, 0.5) is 0 Å². The molecule has 1 amide bonds. The van der Waals surface area contributed by atoms with E-state index in [1.165, 1.54) is 18.4 Å². The highest BCUT2D eigenvalue weighted by Gasteiger charge is 2.30. The quantitative estimate of drug-likeness (QED) is 0.788. The average Bonchev–Trinajstić information content (AvgIpc) is 2.67. The Labute approximate surface area is 173 Å². The van der Waals surface area contributed by atoms with Gasteiger partial charge in [-0.25, -0.2) is 0 Å². The van der Waals surface area contributed by atoms with Crippen LogP contribution >= 0.6 is 0 Å². The number of nitrogens with zero attached hydrogens (tertiary/aromatic N) is 1. The summed E-state index contributed by atoms with van der Waals surface area (Å²) in [5.74, 6) is 0.329. The minimum atomic E-state index is -1.15. The van der Waals surface area contributed by atoms with Crippen molar-refractivity contribution in [3.63, 3.8) is 0 Å². The summed E-state index contributed by atoms with van der Waals surface area (Å²) in [5.41, 5.74) is 8.17. The molecule has 1 atom stereocenters. The Morgan fingerprint density at radius 1 is 1.21 bits per heavy atom. The first-order valence-corrected chi connectivity index (χ1v) is 10.7. The van der Waals surface area contributed by atoms with Crippen LogP contribution in [0.3, 0.4) is 0 Å². The summed E-state index contributed by atoms with van der Waals surface area (Å²) >= 11 is 0. The van der Waals surface area contributed by atoms with Crippen molar-refractivity contribution in [3.05, 3.63) is 29.3 Å². The van der Waals surface area contributed by atoms with Gasteiger partial charge in [-0.15, -0.1) is 0 Å². The van der Waals surface area contributed by atoms with Gasteiger partial charge in [-0.05, 0) is 66.7 Å². The van der Waals surface area contributed by atoms with Gasteiger partial charge in [0.25, 0.3) is 0 Å². The SMILES string of the molecule is CC(C)(C)C1CCC(Oc2ccc3c(c2)CCN(C(=O)CC(N)C(=O)O)C3)CC1. The van der Waals surface area contributed by atoms with Crippen LogP contribution in [0, 0.1) is 11.3 Å². The summed E-state index contributed by atoms with van der Waals surface area (Å²) in [6.07, 6.45) is 5.51. The summed E-state index contributed by atoms with van der Waals surface area (Å²) < 4.78 is 6.27. The highest BCUT2D eigenvalue weighted by molar-refractivity contribution is 5.84. The zero-order valence-electron chi connectivity index (χ0n) is 17.8. The number of aliphatic carboxylic acids is 1. The van der Waals surface area contributed by atoms with Gasteiger partial charge in [-0.2, -0.15) is 0 Å². The third kappa shape index (κ3) is 5.50. The average molecular weight is 403 g/mol. The van der Waals surface area contributed by atoms with E-state index >= 15 is 0 Å². The minimum Gasteiger partial charge on any atom is -0.490 e. The highest BCUT2D eigenvalue weighted by Crippen LogP contribution is 2.39. The molecule has 0 spiro atoms. The van der Waals surface area contributed by atoms with Crippen LogP contribution in [0.5, 0.6) is 5.75 Å². The number of nitrogens with two attached hydrogens (primary N) is 1. The van der Waals surface area contributed by atoms with Gasteiger partial charge >= 0.3 is 5.97 Å². The Morgan fingerprint density at radius 3 is 2.52 bits per heavy atom. The summed E-state index contributed by atoms with van der Waals surface area (Å²) in [6, 6.07) is 4.98. The largest absolute Gasteiger partial charge is 0.490 e. The number of benzene rings is 1. The van der Waals surface area contributed by atoms with E-state index in [1.807, 2.05) is 12.1 Å². The zero-order chi connectivity index (χ0) is 21.2. The fourth-order valence-corrected chi connectivity index (χ4v) is 4.46. The van der Waals surface area contributed by atoms with Crippen LogP contribution < -0.4 is 10.5 Å². The van der Waals surface area contributed by atoms with Crippen LogP contribution in [0.15, 0.2) is 18.2 Å². The van der Waals surface area contributed by atoms with E-state index in [-0.39, 0.29) is 18.4 Å². The number of hydrogen-bond acceptors (Lipinski definition) is 4. The molecule has 1 aliphatic heterocycles. The minimum absolute atomic E-state index is 0.164. The molecule has 160 valence electrons. The molecule has 0 radical (unpaired) electrons. The van der Waals surface area contributed by atoms with Gasteiger partial charge in [0.15, 0.2) is 0 Å². The van der Waals surface area contributed by atoms with E-state index in [0.717, 1.165) is 36.5 Å². The molecule has 0 aromatic heterocycles. The molecule has 1 heterocycles. The van der Waals surface area contributed by atoms with E-state index in [4.69, 9.17) is 15.6 Å². The first-order valence-electron chi connectivity index (χ1n) is 10.7. The van der Waals surface area contributed by atoms with Crippen molar-refractivity contribution in [1.29, 1.82) is 0 Å². The second-order valence-electron chi connectivity index (χ2n) is 9.60. The van der Waals surface area contributed by atoms with E-state index in [0.29, 0.717) is 18.5 Å². The molecule has 6 nitrogen and oxygen atoms in total. The Balaban J connectivity index is 1.55. The van der Waals surface area contributed by atoms with Crippen molar-refractivity contribution < 1.29 is 19.4 Å². The summed E-state index contributed by atoms with van der Waals surface area (Å²) in [5, 5.41) is 8.90. The highest BCUT2D eigenvalue weighted by atomic mass is 16.5. The normalized spacial score (nSPS) is 23.2. The molecule has 0 saturated heterocycles. The Kier molecular flexibility index (Phi) is 6.52. The fourth-order valence-electron chi connectivity index (χ4n) is 4.46. The molecule has 2 aliphatic rings. The van der Waals surface area contributed by atoms with Crippen molar-refractivity contribution in [2.24, 2.45) is 17.1 Å². The molecule has 3 N–H and O–H groups in total. The fraction of sp³-hybridized carbons (Fsp3) is 0.652. The molecule has 0 bridgehead atoms. The first kappa shape index (κ1) is 21.6. The Bertz CT molecular complexity index is 748. The first-order chi connectivity index (χ1) is 13.6. The topological polar surface area (TPSA) is 92.9 Å². The van der Waals surface area contributed by atoms with E-state index in [2.05, 4.69) is 26.8 Å². The van der Waals surface area contributed by atoms with Crippen LogP contribution in [0.25, 0.3) is 0 Å². The number of amides is 1. The number of ether oxygens (including phenoxy) is 1. The Morgan fingerprint density at radius 2 is 1.90 bits per heavy atom. The summed E-state index contributed by atoms with van der Waals surface area (Å²) in [6.45, 7) is 8.05. The molecule has 1 saturated carbocycles. The van der Waals surface area contributed by atoms with Crippen molar-refractivity contribution in [2.75, 3.05) is 6.54 Å². The molecule has 1 aromatic rings. The third-order valence-corrected chi connectivity index (χ3v) is 6.46. The van der Waals surface area contributed by atoms with Crippen LogP contribution in [-0.4, -0.2) is 40.6 Å². The van der Waals surface area contributed by atoms with Crippen molar-refractivity contribution in [2.45, 2.75) is 78.0 Å². The molecule has 1 unspecified atom stereocenters. The lowest BCUT2D eigenvalue weighted by Gasteiger charge is -2.37. The van der Waals surface area contributed by atoms with Gasteiger partial charge in [0.1, 0.15) is 11.8 Å². The smallest absolute Gasteiger partial charge is 0.321 e. The number of rotatable bonds is 5. The number of carboxylic acid groups (broad SMARTS) is 1. The van der Waals surface area contributed by atoms with E-state index in [1.54, 1.807) is 4.90 Å². The molecular formula is C23H34N2O4. The molecule has 1 aliphatic carbocycles. The molecule has 1 fully saturated rings. The molecular weight excluding hydrogens is 368 g/mol. The number of carbonyl (C=O) groups is 2. The Hall–Kier alpha value is -2.08. The van der Waals surface area contributed by atoms with Crippen LogP contribution in [0.2, 0.25) is 0 Å². The number of fused-ring (bicyclic) bond motifs is 1. The van der Waals surface area contributed by atoms with Gasteiger partial charge in [-0.3, -0.25) is 9.59 Å². The lowest BCUT2D eigenvalue weighted by atomic mass is 9.72. The lowest BCUT2D eigenvalue weighted by molar-refractivity contribution is -0.142. The summed E-state index contributed by atoms with van der Waals surface area (Å²) in [7, 11) is 0. The van der Waals surface area contributed by atoms with Gasteiger partial charge in [0.05, 0.1) is 12.5 Å². The lowest BCUT2D eigenvalue weighted by Crippen LogP contribution is -2.41. The predicted molar refractivity (Wildman–Crippen MR) is 112 cm³/mol. The molecule has 1 aromatic carbocycles. The standard InChI is InChI=1S/C23H34N2O4/c1-23(2,3)17-5-8-18(9-6-17)29-19-7-4-16-14-25(11-10-15(16)12-19)21(26)13-20(24)22(27)28/h4,7,12,17-18,20H,5-6,8-11,13-14,24H2,1-3H3,(H,27,28). The van der Waals surface area contributed by atoms with Crippen LogP contribution in [-0.2, 0) is 22.6 Å². The maximum atomic E-state index is 12.3. The molecule has 6 heteroatoms. The predicted octanol–water partition coefficient (Wildman–Crippen LogP) is 3.36. The van der Waals surface area contributed by atoms with Gasteiger partial charge < -0.3 is 20.5 Å². The number of hydrogen-bond donors (Lipinski definition) is 2. The maximum Gasteiger partial charge on any atom is 0.321 e. The maximum absolute atomic E-state index is 12.3. The zero-order valence-corrected chi connectivity index (χ0v) is 17.8. The molecule has 3 rings (SSSR count). The third-order valence-electron chi connectivity index (χ3n) is 6.46. The van der Waals surface area contributed by atoms with Gasteiger partial charge in [0, 0.05) is 13.1 Å². The van der Waals surface area contributed by atoms with E-state index in [9.17, 15) is 9.59 Å². The second kappa shape index (κ2) is 8.74. The van der Waals surface area contributed by atoms with Crippen LogP contribution in [0.1, 0.15) is 64.0 Å². The van der Waals surface area contributed by atoms with E-state index < -0.39 is 12.0 Å². The summed E-state index contributed by atoms with van der Waals surface area (Å²) in [4.78, 5) is 24.9. The number of carbonyl (C=O) groups excluding carboxylic acids is 1. The monoisotopic (exact) mass is 402 g/mol. The second-order valence-corrected chi connectivity index (χ2v) is 9.60. The number of carboxylic acids is 1. The van der Waals surface area contributed by atoms with Crippen molar-refractivity contribution in [3.8, 4) is 5.75 Å².